The fourth-order valence-electron chi connectivity index (χ4n) is 2.10. The Labute approximate surface area is 114 Å². The number of hydrogen-bond acceptors (Lipinski definition) is 4. The van der Waals surface area contributed by atoms with Gasteiger partial charge >= 0.3 is 0 Å². The third-order valence-electron chi connectivity index (χ3n) is 3.20. The number of hydrogen-bond donors (Lipinski definition) is 1. The van der Waals surface area contributed by atoms with Crippen LogP contribution in [0.15, 0.2) is 18.2 Å². The molecule has 1 aromatic heterocycles. The monoisotopic (exact) mass is 262 g/mol. The highest BCUT2D eigenvalue weighted by atomic mass is 16.2. The van der Waals surface area contributed by atoms with Gasteiger partial charge in [0.2, 0.25) is 0 Å². The molecule has 0 bridgehead atoms. The smallest absolute Gasteiger partial charge is 0.272 e. The van der Waals surface area contributed by atoms with Crippen LogP contribution in [0, 0.1) is 0 Å². The molecule has 0 aromatic carbocycles. The highest BCUT2D eigenvalue weighted by molar-refractivity contribution is 5.92. The lowest BCUT2D eigenvalue weighted by Gasteiger charge is -2.32. The van der Waals surface area contributed by atoms with Crippen LogP contribution in [0.1, 0.15) is 24.3 Å². The molecule has 104 valence electrons. The van der Waals surface area contributed by atoms with Gasteiger partial charge in [0.25, 0.3) is 5.91 Å². The molecule has 2 heterocycles. The molecule has 1 amide bonds. The first kappa shape index (κ1) is 13.8. The van der Waals surface area contributed by atoms with E-state index in [1.807, 2.05) is 17.0 Å². The van der Waals surface area contributed by atoms with Gasteiger partial charge in [-0.1, -0.05) is 6.07 Å². The van der Waals surface area contributed by atoms with E-state index in [-0.39, 0.29) is 5.91 Å². The van der Waals surface area contributed by atoms with Gasteiger partial charge in [0.1, 0.15) is 11.5 Å². The largest absolute Gasteiger partial charge is 0.368 e. The van der Waals surface area contributed by atoms with Crippen LogP contribution in [0.25, 0.3) is 0 Å². The summed E-state index contributed by atoms with van der Waals surface area (Å²) in [5, 5.41) is 3.22. The van der Waals surface area contributed by atoms with Crippen LogP contribution in [0.4, 0.5) is 5.82 Å². The molecule has 1 fully saturated rings. The molecule has 1 aliphatic rings. The van der Waals surface area contributed by atoms with Crippen molar-refractivity contribution >= 4 is 11.7 Å². The maximum absolute atomic E-state index is 12.4. The quantitative estimate of drug-likeness (QED) is 0.891. The van der Waals surface area contributed by atoms with Crippen molar-refractivity contribution in [3.8, 4) is 0 Å². The minimum atomic E-state index is 0.0282. The Bertz CT molecular complexity index is 439. The van der Waals surface area contributed by atoms with Crippen LogP contribution < -0.4 is 5.32 Å². The van der Waals surface area contributed by atoms with Gasteiger partial charge in [0.05, 0.1) is 0 Å². The fraction of sp³-hybridized carbons (Fsp3) is 0.571. The average Bonchev–Trinajstić information content (AvgIpc) is 2.38. The molecular formula is C14H22N4O. The summed E-state index contributed by atoms with van der Waals surface area (Å²) in [6.07, 6.45) is 0. The molecule has 0 aliphatic carbocycles. The van der Waals surface area contributed by atoms with E-state index in [9.17, 15) is 4.79 Å². The van der Waals surface area contributed by atoms with E-state index in [2.05, 4.69) is 36.1 Å². The van der Waals surface area contributed by atoms with Crippen LogP contribution in [0.2, 0.25) is 0 Å². The summed E-state index contributed by atoms with van der Waals surface area (Å²) in [6.45, 7) is 7.51. The zero-order valence-corrected chi connectivity index (χ0v) is 11.9. The van der Waals surface area contributed by atoms with E-state index >= 15 is 0 Å². The lowest BCUT2D eigenvalue weighted by molar-refractivity contribution is 0.0658. The second kappa shape index (κ2) is 6.02. The minimum absolute atomic E-state index is 0.0282. The predicted octanol–water partition coefficient (Wildman–Crippen LogP) is 1.29. The van der Waals surface area contributed by atoms with Crippen molar-refractivity contribution in [3.05, 3.63) is 23.9 Å². The summed E-state index contributed by atoms with van der Waals surface area (Å²) in [4.78, 5) is 20.9. The summed E-state index contributed by atoms with van der Waals surface area (Å²) in [6, 6.07) is 5.86. The molecule has 0 saturated carbocycles. The molecule has 1 aromatic rings. The average molecular weight is 262 g/mol. The Kier molecular flexibility index (Phi) is 4.37. The number of likely N-dealkylation sites (N-methyl/N-ethyl adjacent to an activating group) is 1. The van der Waals surface area contributed by atoms with Gasteiger partial charge in [-0.15, -0.1) is 0 Å². The molecule has 0 unspecified atom stereocenters. The molecule has 2 rings (SSSR count). The molecule has 5 heteroatoms. The van der Waals surface area contributed by atoms with Gasteiger partial charge in [-0.2, -0.15) is 0 Å². The van der Waals surface area contributed by atoms with Gasteiger partial charge in [0, 0.05) is 32.2 Å². The number of pyridine rings is 1. The fourth-order valence-corrected chi connectivity index (χ4v) is 2.10. The molecule has 0 spiro atoms. The maximum Gasteiger partial charge on any atom is 0.272 e. The Morgan fingerprint density at radius 1 is 1.26 bits per heavy atom. The Balaban J connectivity index is 2.06. The lowest BCUT2D eigenvalue weighted by Crippen LogP contribution is -2.47. The molecule has 1 aliphatic heterocycles. The molecule has 19 heavy (non-hydrogen) atoms. The second-order valence-electron chi connectivity index (χ2n) is 5.30. The summed E-state index contributed by atoms with van der Waals surface area (Å²) in [7, 11) is 2.08. The first-order chi connectivity index (χ1) is 9.06. The third kappa shape index (κ3) is 3.67. The minimum Gasteiger partial charge on any atom is -0.368 e. The number of rotatable bonds is 3. The number of piperazine rings is 1. The first-order valence-electron chi connectivity index (χ1n) is 6.77. The Morgan fingerprint density at radius 3 is 2.58 bits per heavy atom. The summed E-state index contributed by atoms with van der Waals surface area (Å²) in [5.74, 6) is 0.787. The highest BCUT2D eigenvalue weighted by Crippen LogP contribution is 2.10. The molecule has 1 saturated heterocycles. The van der Waals surface area contributed by atoms with Gasteiger partial charge < -0.3 is 15.1 Å². The van der Waals surface area contributed by atoms with E-state index in [1.165, 1.54) is 0 Å². The van der Waals surface area contributed by atoms with Crippen molar-refractivity contribution in [1.82, 2.24) is 14.8 Å². The summed E-state index contributed by atoms with van der Waals surface area (Å²) < 4.78 is 0. The van der Waals surface area contributed by atoms with E-state index in [0.717, 1.165) is 32.0 Å². The topological polar surface area (TPSA) is 48.5 Å². The van der Waals surface area contributed by atoms with Crippen molar-refractivity contribution in [3.63, 3.8) is 0 Å². The molecular weight excluding hydrogens is 240 g/mol. The van der Waals surface area contributed by atoms with Gasteiger partial charge in [-0.3, -0.25) is 4.79 Å². The van der Waals surface area contributed by atoms with E-state index < -0.39 is 0 Å². The van der Waals surface area contributed by atoms with Crippen LogP contribution in [-0.4, -0.2) is 60.0 Å². The third-order valence-corrected chi connectivity index (χ3v) is 3.20. The van der Waals surface area contributed by atoms with Crippen molar-refractivity contribution in [2.24, 2.45) is 0 Å². The number of nitrogens with one attached hydrogen (secondary N) is 1. The van der Waals surface area contributed by atoms with Crippen LogP contribution in [0.3, 0.4) is 0 Å². The number of carbonyl (C=O) groups is 1. The van der Waals surface area contributed by atoms with Gasteiger partial charge in [-0.05, 0) is 33.0 Å². The number of anilines is 1. The van der Waals surface area contributed by atoms with Gasteiger partial charge in [0.15, 0.2) is 0 Å². The maximum atomic E-state index is 12.4. The van der Waals surface area contributed by atoms with Gasteiger partial charge in [-0.25, -0.2) is 4.98 Å². The van der Waals surface area contributed by atoms with Crippen molar-refractivity contribution < 1.29 is 4.79 Å². The van der Waals surface area contributed by atoms with Crippen LogP contribution in [0.5, 0.6) is 0 Å². The van der Waals surface area contributed by atoms with E-state index in [1.54, 1.807) is 6.07 Å². The first-order valence-corrected chi connectivity index (χ1v) is 6.77. The van der Waals surface area contributed by atoms with E-state index in [0.29, 0.717) is 11.7 Å². The molecule has 1 N–H and O–H groups in total. The number of amides is 1. The zero-order chi connectivity index (χ0) is 13.8. The lowest BCUT2D eigenvalue weighted by atomic mass is 10.2. The predicted molar refractivity (Wildman–Crippen MR) is 76.4 cm³/mol. The Hall–Kier alpha value is -1.62. The standard InChI is InChI=1S/C14H22N4O/c1-11(2)15-13-6-4-5-12(16-13)14(19)18-9-7-17(3)8-10-18/h4-6,11H,7-10H2,1-3H3,(H,15,16). The van der Waals surface area contributed by atoms with Crippen molar-refractivity contribution in [1.29, 1.82) is 0 Å². The molecule has 0 atom stereocenters. The van der Waals surface area contributed by atoms with E-state index in [4.69, 9.17) is 0 Å². The Morgan fingerprint density at radius 2 is 1.95 bits per heavy atom. The molecule has 5 nitrogen and oxygen atoms in total. The number of aromatic nitrogens is 1. The SMILES string of the molecule is CC(C)Nc1cccc(C(=O)N2CCN(C)CC2)n1. The summed E-state index contributed by atoms with van der Waals surface area (Å²) in [5.41, 5.74) is 0.523. The number of nitrogens with zero attached hydrogens (tertiary/aromatic N) is 3. The van der Waals surface area contributed by atoms with Crippen molar-refractivity contribution in [2.75, 3.05) is 38.5 Å². The normalized spacial score (nSPS) is 16.7. The van der Waals surface area contributed by atoms with Crippen LogP contribution >= 0.6 is 0 Å². The van der Waals surface area contributed by atoms with Crippen LogP contribution in [-0.2, 0) is 0 Å². The molecule has 0 radical (unpaired) electrons. The van der Waals surface area contributed by atoms with Crippen molar-refractivity contribution in [2.45, 2.75) is 19.9 Å². The highest BCUT2D eigenvalue weighted by Gasteiger charge is 2.21. The summed E-state index contributed by atoms with van der Waals surface area (Å²) >= 11 is 0. The number of carbonyl (C=O) groups excluding carboxylic acids is 1. The zero-order valence-electron chi connectivity index (χ0n) is 11.9. The second-order valence-corrected chi connectivity index (χ2v) is 5.30.